The Morgan fingerprint density at radius 1 is 1.09 bits per heavy atom. The molecule has 2 amide bonds. The molecular formula is C25H32ClN3O5. The summed E-state index contributed by atoms with van der Waals surface area (Å²) < 4.78 is 5.65. The van der Waals surface area contributed by atoms with Gasteiger partial charge in [0.15, 0.2) is 0 Å². The summed E-state index contributed by atoms with van der Waals surface area (Å²) in [4.78, 5) is 38.1. The van der Waals surface area contributed by atoms with E-state index < -0.39 is 29.9 Å². The van der Waals surface area contributed by atoms with E-state index in [2.05, 4.69) is 10.6 Å². The summed E-state index contributed by atoms with van der Waals surface area (Å²) in [6.07, 6.45) is 0.734. The molecule has 0 aromatic heterocycles. The number of carboxylic acids is 1. The second-order valence-electron chi connectivity index (χ2n) is 8.35. The van der Waals surface area contributed by atoms with E-state index in [1.807, 2.05) is 37.3 Å². The highest BCUT2D eigenvalue weighted by Crippen LogP contribution is 2.23. The quantitative estimate of drug-likeness (QED) is 0.362. The lowest BCUT2D eigenvalue weighted by atomic mass is 9.98. The first kappa shape index (κ1) is 27.1. The molecule has 34 heavy (non-hydrogen) atoms. The van der Waals surface area contributed by atoms with Crippen LogP contribution in [0.15, 0.2) is 48.5 Å². The summed E-state index contributed by atoms with van der Waals surface area (Å²) in [5.74, 6) is -2.31. The molecule has 0 unspecified atom stereocenters. The van der Waals surface area contributed by atoms with E-state index in [-0.39, 0.29) is 36.3 Å². The zero-order valence-corrected chi connectivity index (χ0v) is 20.3. The number of halogens is 1. The van der Waals surface area contributed by atoms with Crippen molar-refractivity contribution in [2.24, 2.45) is 11.7 Å². The number of rotatable bonds is 12. The Balaban J connectivity index is 2.31. The largest absolute Gasteiger partial charge is 0.491 e. The third kappa shape index (κ3) is 8.04. The molecule has 4 atom stereocenters. The maximum atomic E-state index is 13.2. The fourth-order valence-corrected chi connectivity index (χ4v) is 3.43. The van der Waals surface area contributed by atoms with Gasteiger partial charge < -0.3 is 26.2 Å². The number of nitrogens with two attached hydrogens (primary N) is 1. The molecule has 0 aliphatic carbocycles. The van der Waals surface area contributed by atoms with Crippen molar-refractivity contribution in [1.82, 2.24) is 10.6 Å². The summed E-state index contributed by atoms with van der Waals surface area (Å²) in [6.45, 7) is 5.55. The van der Waals surface area contributed by atoms with E-state index in [4.69, 9.17) is 22.1 Å². The Hall–Kier alpha value is -3.10. The normalized spacial score (nSPS) is 14.4. The molecule has 0 fully saturated rings. The average molecular weight is 490 g/mol. The van der Waals surface area contributed by atoms with Crippen LogP contribution in [0.4, 0.5) is 0 Å². The van der Waals surface area contributed by atoms with Crippen molar-refractivity contribution >= 4 is 29.4 Å². The molecule has 5 N–H and O–H groups in total. The second kappa shape index (κ2) is 13.0. The Labute approximate surface area is 204 Å². The Morgan fingerprint density at radius 2 is 1.76 bits per heavy atom. The lowest BCUT2D eigenvalue weighted by Crippen LogP contribution is -2.54. The minimum absolute atomic E-state index is 0.149. The molecule has 184 valence electrons. The molecule has 2 aromatic rings. The van der Waals surface area contributed by atoms with Crippen LogP contribution in [0, 0.1) is 5.92 Å². The van der Waals surface area contributed by atoms with Gasteiger partial charge in [-0.15, -0.1) is 0 Å². The van der Waals surface area contributed by atoms with Gasteiger partial charge in [-0.3, -0.25) is 9.59 Å². The molecule has 0 aliphatic rings. The van der Waals surface area contributed by atoms with Crippen molar-refractivity contribution in [2.45, 2.75) is 51.7 Å². The van der Waals surface area contributed by atoms with E-state index in [9.17, 15) is 19.5 Å². The number of nitrogens with one attached hydrogen (secondary N) is 2. The highest BCUT2D eigenvalue weighted by Gasteiger charge is 2.30. The molecule has 0 saturated carbocycles. The Morgan fingerprint density at radius 3 is 2.35 bits per heavy atom. The summed E-state index contributed by atoms with van der Waals surface area (Å²) in [5.41, 5.74) is 6.71. The van der Waals surface area contributed by atoms with Crippen LogP contribution in [0.5, 0.6) is 5.75 Å². The lowest BCUT2D eigenvalue weighted by Gasteiger charge is -2.25. The third-order valence-electron chi connectivity index (χ3n) is 5.37. The van der Waals surface area contributed by atoms with Gasteiger partial charge in [0.05, 0.1) is 5.56 Å². The van der Waals surface area contributed by atoms with Gasteiger partial charge in [0.2, 0.25) is 5.91 Å². The number of aliphatic carboxylic acids is 1. The first-order chi connectivity index (χ1) is 16.1. The Kier molecular flexibility index (Phi) is 10.3. The highest BCUT2D eigenvalue weighted by molar-refractivity contribution is 6.31. The predicted octanol–water partition coefficient (Wildman–Crippen LogP) is 3.02. The average Bonchev–Trinajstić information content (AvgIpc) is 2.80. The fourth-order valence-electron chi connectivity index (χ4n) is 3.26. The summed E-state index contributed by atoms with van der Waals surface area (Å²) in [7, 11) is 0. The van der Waals surface area contributed by atoms with Gasteiger partial charge in [-0.2, -0.15) is 0 Å². The Bertz CT molecular complexity index is 984. The summed E-state index contributed by atoms with van der Waals surface area (Å²) in [6, 6.07) is 11.4. The van der Waals surface area contributed by atoms with E-state index in [0.717, 1.165) is 5.56 Å². The number of hydrogen-bond donors (Lipinski definition) is 4. The molecule has 9 heteroatoms. The minimum atomic E-state index is -1.13. The van der Waals surface area contributed by atoms with Crippen molar-refractivity contribution in [3.05, 3.63) is 64.7 Å². The van der Waals surface area contributed by atoms with Gasteiger partial charge in [-0.1, -0.05) is 62.2 Å². The standard InChI is InChI=1S/C25H32ClN3O5/c1-4-15(2)22(25(32)33)29-24(31)20(12-17-8-6-5-7-9-17)28-23(30)19-13-18(26)10-11-21(19)34-14-16(3)27/h5-11,13,15-16,20,22H,4,12,14,27H2,1-3H3,(H,28,30)(H,29,31)(H,32,33)/t15-,16-,20-,22-/m0/s1. The van der Waals surface area contributed by atoms with Crippen LogP contribution in [-0.4, -0.2) is 47.6 Å². The zero-order chi connectivity index (χ0) is 25.3. The predicted molar refractivity (Wildman–Crippen MR) is 131 cm³/mol. The zero-order valence-electron chi connectivity index (χ0n) is 19.6. The van der Waals surface area contributed by atoms with Crippen molar-refractivity contribution in [3.63, 3.8) is 0 Å². The van der Waals surface area contributed by atoms with E-state index >= 15 is 0 Å². The van der Waals surface area contributed by atoms with Crippen LogP contribution in [0.3, 0.4) is 0 Å². The first-order valence-corrected chi connectivity index (χ1v) is 11.6. The van der Waals surface area contributed by atoms with Crippen molar-refractivity contribution in [3.8, 4) is 5.75 Å². The number of benzene rings is 2. The van der Waals surface area contributed by atoms with E-state index in [1.165, 1.54) is 6.07 Å². The number of ether oxygens (including phenoxy) is 1. The molecule has 0 saturated heterocycles. The summed E-state index contributed by atoms with van der Waals surface area (Å²) >= 11 is 6.10. The number of carboxylic acid groups (broad SMARTS) is 1. The number of hydrogen-bond acceptors (Lipinski definition) is 5. The number of carbonyl (C=O) groups excluding carboxylic acids is 2. The van der Waals surface area contributed by atoms with Crippen molar-refractivity contribution in [1.29, 1.82) is 0 Å². The van der Waals surface area contributed by atoms with Crippen LogP contribution >= 0.6 is 11.6 Å². The van der Waals surface area contributed by atoms with Crippen LogP contribution in [0.2, 0.25) is 5.02 Å². The van der Waals surface area contributed by atoms with Crippen molar-refractivity contribution in [2.75, 3.05) is 6.61 Å². The van der Waals surface area contributed by atoms with Gasteiger partial charge in [0.1, 0.15) is 24.4 Å². The topological polar surface area (TPSA) is 131 Å². The van der Waals surface area contributed by atoms with Crippen LogP contribution in [0.1, 0.15) is 43.1 Å². The molecule has 0 spiro atoms. The number of carbonyl (C=O) groups is 3. The molecular weight excluding hydrogens is 458 g/mol. The highest BCUT2D eigenvalue weighted by atomic mass is 35.5. The smallest absolute Gasteiger partial charge is 0.326 e. The molecule has 0 heterocycles. The molecule has 2 rings (SSSR count). The second-order valence-corrected chi connectivity index (χ2v) is 8.79. The third-order valence-corrected chi connectivity index (χ3v) is 5.60. The first-order valence-electron chi connectivity index (χ1n) is 11.2. The monoisotopic (exact) mass is 489 g/mol. The molecule has 8 nitrogen and oxygen atoms in total. The van der Waals surface area contributed by atoms with Crippen LogP contribution < -0.4 is 21.1 Å². The van der Waals surface area contributed by atoms with Gasteiger partial charge >= 0.3 is 5.97 Å². The lowest BCUT2D eigenvalue weighted by molar-refractivity contribution is -0.143. The maximum Gasteiger partial charge on any atom is 0.326 e. The van der Waals surface area contributed by atoms with Crippen molar-refractivity contribution < 1.29 is 24.2 Å². The molecule has 0 aliphatic heterocycles. The maximum absolute atomic E-state index is 13.2. The van der Waals surface area contributed by atoms with Crippen LogP contribution in [0.25, 0.3) is 0 Å². The minimum Gasteiger partial charge on any atom is -0.491 e. The van der Waals surface area contributed by atoms with Gasteiger partial charge in [-0.05, 0) is 36.6 Å². The molecule has 0 radical (unpaired) electrons. The van der Waals surface area contributed by atoms with Gasteiger partial charge in [-0.25, -0.2) is 4.79 Å². The SMILES string of the molecule is CC[C@H](C)[C@H](NC(=O)[C@H](Cc1ccccc1)NC(=O)c1cc(Cl)ccc1OC[C@H](C)N)C(=O)O. The van der Waals surface area contributed by atoms with Gasteiger partial charge in [0, 0.05) is 17.5 Å². The molecule has 0 bridgehead atoms. The van der Waals surface area contributed by atoms with E-state index in [0.29, 0.717) is 11.4 Å². The summed E-state index contributed by atoms with van der Waals surface area (Å²) in [5, 5.41) is 15.2. The van der Waals surface area contributed by atoms with Gasteiger partial charge in [0.25, 0.3) is 5.91 Å². The van der Waals surface area contributed by atoms with E-state index in [1.54, 1.807) is 26.0 Å². The molecule has 2 aromatic carbocycles. The fraction of sp³-hybridized carbons (Fsp3) is 0.400. The van der Waals surface area contributed by atoms with Crippen LogP contribution in [-0.2, 0) is 16.0 Å². The number of amides is 2.